The number of aryl methyl sites for hydroxylation is 1. The minimum absolute atomic E-state index is 0.158. The fourth-order valence-electron chi connectivity index (χ4n) is 4.05. The standard InChI is InChI=1S/C24H36N2O3.C3H8/c1-5-10-19-21(28-16-9-11-22(27)26-14-7-6-8-15-26)13-12-18-20(17-24(2,3)4)25-29-23(18)19;1-3-2/h12-13H,5-11,14-17H2,1-4H3;3H2,1-2H3. The molecule has 0 aliphatic carbocycles. The predicted octanol–water partition coefficient (Wildman–Crippen LogP) is 6.96. The zero-order valence-electron chi connectivity index (χ0n) is 21.3. The van der Waals surface area contributed by atoms with Gasteiger partial charge in [-0.25, -0.2) is 0 Å². The van der Waals surface area contributed by atoms with Gasteiger partial charge in [0.2, 0.25) is 5.91 Å². The number of benzene rings is 1. The van der Waals surface area contributed by atoms with Crippen LogP contribution in [-0.2, 0) is 17.6 Å². The molecule has 32 heavy (non-hydrogen) atoms. The quantitative estimate of drug-likeness (QED) is 0.413. The van der Waals surface area contributed by atoms with Crippen LogP contribution in [0.1, 0.15) is 97.7 Å². The zero-order valence-corrected chi connectivity index (χ0v) is 21.3. The van der Waals surface area contributed by atoms with E-state index in [9.17, 15) is 4.79 Å². The van der Waals surface area contributed by atoms with Crippen molar-refractivity contribution in [1.29, 1.82) is 0 Å². The van der Waals surface area contributed by atoms with Gasteiger partial charge in [0.1, 0.15) is 5.75 Å². The largest absolute Gasteiger partial charge is 0.493 e. The molecule has 0 bridgehead atoms. The number of fused-ring (bicyclic) bond motifs is 1. The smallest absolute Gasteiger partial charge is 0.222 e. The van der Waals surface area contributed by atoms with Crippen molar-refractivity contribution in [2.75, 3.05) is 19.7 Å². The maximum Gasteiger partial charge on any atom is 0.222 e. The van der Waals surface area contributed by atoms with Crippen LogP contribution in [0.2, 0.25) is 0 Å². The molecule has 1 aromatic heterocycles. The lowest BCUT2D eigenvalue weighted by Crippen LogP contribution is -2.35. The van der Waals surface area contributed by atoms with Crippen molar-refractivity contribution >= 4 is 16.9 Å². The van der Waals surface area contributed by atoms with Crippen LogP contribution in [0.15, 0.2) is 16.7 Å². The van der Waals surface area contributed by atoms with Crippen LogP contribution in [-0.4, -0.2) is 35.7 Å². The van der Waals surface area contributed by atoms with E-state index in [4.69, 9.17) is 9.26 Å². The number of carbonyl (C=O) groups is 1. The third kappa shape index (κ3) is 7.83. The Balaban J connectivity index is 0.00000114. The summed E-state index contributed by atoms with van der Waals surface area (Å²) in [5.41, 5.74) is 3.13. The highest BCUT2D eigenvalue weighted by molar-refractivity contribution is 5.84. The van der Waals surface area contributed by atoms with E-state index in [2.05, 4.69) is 52.8 Å². The fourth-order valence-corrected chi connectivity index (χ4v) is 4.05. The maximum absolute atomic E-state index is 12.3. The number of likely N-dealkylation sites (tertiary alicyclic amines) is 1. The molecule has 3 rings (SSSR count). The molecule has 0 atom stereocenters. The monoisotopic (exact) mass is 444 g/mol. The van der Waals surface area contributed by atoms with Gasteiger partial charge in [0.05, 0.1) is 12.3 Å². The van der Waals surface area contributed by atoms with Gasteiger partial charge >= 0.3 is 0 Å². The Bertz CT molecular complexity index is 829. The molecule has 0 saturated carbocycles. The summed E-state index contributed by atoms with van der Waals surface area (Å²) in [6, 6.07) is 4.11. The lowest BCUT2D eigenvalue weighted by atomic mass is 9.89. The molecule has 180 valence electrons. The number of carbonyl (C=O) groups excluding carboxylic acids is 1. The Morgan fingerprint density at radius 3 is 2.44 bits per heavy atom. The molecular weight excluding hydrogens is 400 g/mol. The van der Waals surface area contributed by atoms with Gasteiger partial charge in [0, 0.05) is 30.5 Å². The first-order valence-corrected chi connectivity index (χ1v) is 12.6. The van der Waals surface area contributed by atoms with E-state index in [1.165, 1.54) is 12.8 Å². The molecular formula is C27H44N2O3. The molecule has 0 radical (unpaired) electrons. The highest BCUT2D eigenvalue weighted by Crippen LogP contribution is 2.33. The molecule has 1 amide bonds. The number of rotatable bonds is 8. The number of hydrogen-bond acceptors (Lipinski definition) is 4. The summed E-state index contributed by atoms with van der Waals surface area (Å²) in [5, 5.41) is 5.45. The second-order valence-electron chi connectivity index (χ2n) is 10.1. The Labute approximate surface area is 194 Å². The Hall–Kier alpha value is -2.04. The summed E-state index contributed by atoms with van der Waals surface area (Å²) in [6.45, 7) is 15.4. The number of ether oxygens (including phenoxy) is 1. The van der Waals surface area contributed by atoms with Crippen molar-refractivity contribution in [3.63, 3.8) is 0 Å². The van der Waals surface area contributed by atoms with Crippen molar-refractivity contribution in [2.24, 2.45) is 5.41 Å². The number of nitrogens with zero attached hydrogens (tertiary/aromatic N) is 2. The molecule has 5 heteroatoms. The first-order chi connectivity index (χ1) is 15.3. The van der Waals surface area contributed by atoms with Crippen LogP contribution >= 0.6 is 0 Å². The highest BCUT2D eigenvalue weighted by Gasteiger charge is 2.21. The van der Waals surface area contributed by atoms with Gasteiger partial charge in [0.15, 0.2) is 5.58 Å². The van der Waals surface area contributed by atoms with Crippen molar-refractivity contribution in [2.45, 2.75) is 99.3 Å². The zero-order chi connectivity index (χ0) is 23.6. The topological polar surface area (TPSA) is 55.6 Å². The lowest BCUT2D eigenvalue weighted by Gasteiger charge is -2.26. The van der Waals surface area contributed by atoms with Crippen LogP contribution in [0.3, 0.4) is 0 Å². The molecule has 2 aromatic rings. The van der Waals surface area contributed by atoms with E-state index in [0.29, 0.717) is 13.0 Å². The van der Waals surface area contributed by atoms with E-state index >= 15 is 0 Å². The Kier molecular flexibility index (Phi) is 10.5. The van der Waals surface area contributed by atoms with Gasteiger partial charge in [-0.2, -0.15) is 0 Å². The molecule has 0 unspecified atom stereocenters. The summed E-state index contributed by atoms with van der Waals surface area (Å²) in [5.74, 6) is 1.13. The van der Waals surface area contributed by atoms with Gasteiger partial charge in [-0.3, -0.25) is 4.79 Å². The second kappa shape index (κ2) is 12.9. The lowest BCUT2D eigenvalue weighted by molar-refractivity contribution is -0.132. The van der Waals surface area contributed by atoms with Gasteiger partial charge in [-0.15, -0.1) is 0 Å². The molecule has 1 aliphatic rings. The third-order valence-electron chi connectivity index (χ3n) is 5.47. The Morgan fingerprint density at radius 1 is 1.12 bits per heavy atom. The first-order valence-electron chi connectivity index (χ1n) is 12.6. The molecule has 2 heterocycles. The van der Waals surface area contributed by atoms with Crippen molar-refractivity contribution in [1.82, 2.24) is 10.1 Å². The summed E-state index contributed by atoms with van der Waals surface area (Å²) in [4.78, 5) is 14.3. The second-order valence-corrected chi connectivity index (χ2v) is 10.1. The normalized spacial score (nSPS) is 14.2. The summed E-state index contributed by atoms with van der Waals surface area (Å²) in [6.07, 6.45) is 8.85. The maximum atomic E-state index is 12.3. The molecule has 5 nitrogen and oxygen atoms in total. The Morgan fingerprint density at radius 2 is 1.81 bits per heavy atom. The number of aromatic nitrogens is 1. The average Bonchev–Trinajstić information content (AvgIpc) is 3.15. The summed E-state index contributed by atoms with van der Waals surface area (Å²) < 4.78 is 11.8. The number of hydrogen-bond donors (Lipinski definition) is 0. The number of amides is 1. The molecule has 1 aromatic carbocycles. The van der Waals surface area contributed by atoms with Gasteiger partial charge in [0.25, 0.3) is 0 Å². The van der Waals surface area contributed by atoms with Gasteiger partial charge in [-0.05, 0) is 56.1 Å². The highest BCUT2D eigenvalue weighted by atomic mass is 16.5. The van der Waals surface area contributed by atoms with Crippen LogP contribution in [0, 0.1) is 5.41 Å². The average molecular weight is 445 g/mol. The van der Waals surface area contributed by atoms with E-state index < -0.39 is 0 Å². The molecule has 0 spiro atoms. The fraction of sp³-hybridized carbons (Fsp3) is 0.704. The molecule has 1 aliphatic heterocycles. The van der Waals surface area contributed by atoms with Gasteiger partial charge in [-0.1, -0.05) is 59.5 Å². The molecule has 1 fully saturated rings. The van der Waals surface area contributed by atoms with Crippen molar-refractivity contribution in [3.05, 3.63) is 23.4 Å². The first kappa shape index (κ1) is 26.2. The molecule has 0 N–H and O–H groups in total. The summed E-state index contributed by atoms with van der Waals surface area (Å²) in [7, 11) is 0. The summed E-state index contributed by atoms with van der Waals surface area (Å²) >= 11 is 0. The van der Waals surface area contributed by atoms with Crippen LogP contribution < -0.4 is 4.74 Å². The van der Waals surface area contributed by atoms with Crippen molar-refractivity contribution in [3.8, 4) is 5.75 Å². The molecule has 1 saturated heterocycles. The minimum Gasteiger partial charge on any atom is -0.493 e. The van der Waals surface area contributed by atoms with Crippen LogP contribution in [0.25, 0.3) is 11.0 Å². The number of piperidine rings is 1. The van der Waals surface area contributed by atoms with Gasteiger partial charge < -0.3 is 14.2 Å². The van der Waals surface area contributed by atoms with E-state index in [0.717, 1.165) is 79.6 Å². The SMILES string of the molecule is CCC.CCCc1c(OCCCC(=O)N2CCCCC2)ccc2c(CC(C)(C)C)noc12. The van der Waals surface area contributed by atoms with Crippen LogP contribution in [0.5, 0.6) is 5.75 Å². The van der Waals surface area contributed by atoms with E-state index in [1.807, 2.05) is 11.0 Å². The van der Waals surface area contributed by atoms with E-state index in [-0.39, 0.29) is 11.3 Å². The minimum atomic E-state index is 0.158. The third-order valence-corrected chi connectivity index (χ3v) is 5.47. The van der Waals surface area contributed by atoms with Crippen molar-refractivity contribution < 1.29 is 14.1 Å². The predicted molar refractivity (Wildman–Crippen MR) is 132 cm³/mol. The van der Waals surface area contributed by atoms with Crippen LogP contribution in [0.4, 0.5) is 0 Å². The van der Waals surface area contributed by atoms with E-state index in [1.54, 1.807) is 0 Å².